The molecule has 0 saturated carbocycles. The third kappa shape index (κ3) is 3.49. The van der Waals surface area contributed by atoms with E-state index in [0.717, 1.165) is 11.3 Å². The molecule has 122 valence electrons. The van der Waals surface area contributed by atoms with Gasteiger partial charge in [0.15, 0.2) is 11.0 Å². The molecule has 0 radical (unpaired) electrons. The van der Waals surface area contributed by atoms with E-state index in [0.29, 0.717) is 22.4 Å². The number of amidine groups is 1. The van der Waals surface area contributed by atoms with Crippen LogP contribution in [0.2, 0.25) is 0 Å². The fourth-order valence-electron chi connectivity index (χ4n) is 2.27. The monoisotopic (exact) mass is 339 g/mol. The Bertz CT molecular complexity index is 803. The summed E-state index contributed by atoms with van der Waals surface area (Å²) in [7, 11) is 1.62. The number of thioether (sulfide) groups is 1. The van der Waals surface area contributed by atoms with Crippen molar-refractivity contribution in [2.75, 3.05) is 13.7 Å². The van der Waals surface area contributed by atoms with Crippen molar-refractivity contribution in [2.24, 2.45) is 4.99 Å². The van der Waals surface area contributed by atoms with E-state index in [1.165, 1.54) is 11.8 Å². The summed E-state index contributed by atoms with van der Waals surface area (Å²) in [6.45, 7) is 2.49. The van der Waals surface area contributed by atoms with Gasteiger partial charge in [-0.25, -0.2) is 9.98 Å². The topological polar surface area (TPSA) is 54.8 Å². The van der Waals surface area contributed by atoms with Crippen LogP contribution in [0.25, 0.3) is 6.08 Å². The number of carbonyl (C=O) groups excluding carboxylic acids is 1. The largest absolute Gasteiger partial charge is 0.497 e. The fourth-order valence-corrected chi connectivity index (χ4v) is 3.32. The Hall–Kier alpha value is -2.60. The molecule has 0 unspecified atom stereocenters. The number of amides is 1. The highest BCUT2D eigenvalue weighted by atomic mass is 32.2. The zero-order valence-electron chi connectivity index (χ0n) is 13.5. The average molecular weight is 339 g/mol. The van der Waals surface area contributed by atoms with Crippen molar-refractivity contribution < 1.29 is 9.53 Å². The maximum atomic E-state index is 12.6. The first-order valence-electron chi connectivity index (χ1n) is 7.56. The van der Waals surface area contributed by atoms with E-state index in [9.17, 15) is 4.79 Å². The van der Waals surface area contributed by atoms with Gasteiger partial charge in [0, 0.05) is 12.7 Å². The van der Waals surface area contributed by atoms with Crippen LogP contribution in [0.15, 0.2) is 58.6 Å². The second-order valence-electron chi connectivity index (χ2n) is 5.02. The number of rotatable bonds is 4. The van der Waals surface area contributed by atoms with E-state index in [2.05, 4.69) is 9.98 Å². The lowest BCUT2D eigenvalue weighted by atomic mass is 10.2. The second kappa shape index (κ2) is 7.31. The molecule has 0 aliphatic carbocycles. The molecule has 1 saturated heterocycles. The molecule has 5 nitrogen and oxygen atoms in total. The first-order chi connectivity index (χ1) is 11.7. The van der Waals surface area contributed by atoms with Crippen molar-refractivity contribution in [3.8, 4) is 5.75 Å². The Morgan fingerprint density at radius 3 is 2.88 bits per heavy atom. The molecule has 2 aromatic rings. The molecular weight excluding hydrogens is 322 g/mol. The molecule has 2 heterocycles. The molecule has 0 N–H and O–H groups in total. The van der Waals surface area contributed by atoms with Crippen LogP contribution in [-0.2, 0) is 4.79 Å². The molecule has 0 spiro atoms. The highest BCUT2D eigenvalue weighted by molar-refractivity contribution is 8.18. The molecule has 3 rings (SSSR count). The van der Waals surface area contributed by atoms with Crippen LogP contribution in [-0.4, -0.2) is 34.6 Å². The van der Waals surface area contributed by atoms with Gasteiger partial charge in [0.25, 0.3) is 5.91 Å². The second-order valence-corrected chi connectivity index (χ2v) is 6.03. The van der Waals surface area contributed by atoms with E-state index in [1.807, 2.05) is 55.5 Å². The molecule has 0 bridgehead atoms. The molecule has 0 atom stereocenters. The van der Waals surface area contributed by atoms with Crippen LogP contribution in [0.1, 0.15) is 12.5 Å². The molecule has 1 amide bonds. The van der Waals surface area contributed by atoms with Crippen LogP contribution < -0.4 is 4.74 Å². The first kappa shape index (κ1) is 16.3. The maximum Gasteiger partial charge on any atom is 0.266 e. The van der Waals surface area contributed by atoms with Gasteiger partial charge in [-0.2, -0.15) is 0 Å². The summed E-state index contributed by atoms with van der Waals surface area (Å²) in [4.78, 5) is 23.6. The summed E-state index contributed by atoms with van der Waals surface area (Å²) >= 11 is 1.36. The number of ether oxygens (including phenoxy) is 1. The maximum absolute atomic E-state index is 12.6. The van der Waals surface area contributed by atoms with Crippen molar-refractivity contribution in [3.05, 3.63) is 59.1 Å². The SMILES string of the molecule is CCN1C(=O)/C(=C/c2cccc(OC)c2)S/C1=N/c1ccccn1. The first-order valence-corrected chi connectivity index (χ1v) is 8.38. The molecule has 1 aromatic heterocycles. The molecule has 6 heteroatoms. The lowest BCUT2D eigenvalue weighted by Crippen LogP contribution is -2.28. The summed E-state index contributed by atoms with van der Waals surface area (Å²) < 4.78 is 5.23. The number of aromatic nitrogens is 1. The zero-order valence-corrected chi connectivity index (χ0v) is 14.3. The molecule has 1 aliphatic rings. The number of likely N-dealkylation sites (N-methyl/N-ethyl adjacent to an activating group) is 1. The van der Waals surface area contributed by atoms with Crippen LogP contribution in [0.5, 0.6) is 5.75 Å². The lowest BCUT2D eigenvalue weighted by molar-refractivity contribution is -0.122. The van der Waals surface area contributed by atoms with Gasteiger partial charge in [-0.3, -0.25) is 9.69 Å². The van der Waals surface area contributed by atoms with Crippen LogP contribution in [0.4, 0.5) is 5.82 Å². The Balaban J connectivity index is 1.92. The Morgan fingerprint density at radius 2 is 2.17 bits per heavy atom. The smallest absolute Gasteiger partial charge is 0.266 e. The molecule has 1 fully saturated rings. The number of methoxy groups -OCH3 is 1. The highest BCUT2D eigenvalue weighted by Crippen LogP contribution is 2.33. The molecule has 1 aromatic carbocycles. The Morgan fingerprint density at radius 1 is 1.29 bits per heavy atom. The number of pyridine rings is 1. The standard InChI is InChI=1S/C18H17N3O2S/c1-3-21-17(22)15(12-13-7-6-8-14(11-13)23-2)24-18(21)20-16-9-4-5-10-19-16/h4-12H,3H2,1-2H3/b15-12-,20-18+. The number of nitrogens with zero attached hydrogens (tertiary/aromatic N) is 3. The number of aliphatic imine (C=N–C) groups is 1. The average Bonchev–Trinajstić information content (AvgIpc) is 2.90. The molecule has 1 aliphatic heterocycles. The van der Waals surface area contributed by atoms with Crippen LogP contribution in [0, 0.1) is 0 Å². The zero-order chi connectivity index (χ0) is 16.9. The number of carbonyl (C=O) groups is 1. The summed E-state index contributed by atoms with van der Waals surface area (Å²) in [5.74, 6) is 1.31. The normalized spacial score (nSPS) is 17.8. The van der Waals surface area contributed by atoms with Crippen molar-refractivity contribution >= 4 is 34.7 Å². The van der Waals surface area contributed by atoms with Crippen molar-refractivity contribution in [1.29, 1.82) is 0 Å². The Kier molecular flexibility index (Phi) is 4.96. The Labute approximate surface area is 145 Å². The summed E-state index contributed by atoms with van der Waals surface area (Å²) in [5.41, 5.74) is 0.917. The fraction of sp³-hybridized carbons (Fsp3) is 0.167. The van der Waals surface area contributed by atoms with E-state index >= 15 is 0 Å². The van der Waals surface area contributed by atoms with Crippen LogP contribution in [0.3, 0.4) is 0 Å². The predicted octanol–water partition coefficient (Wildman–Crippen LogP) is 3.71. The van der Waals surface area contributed by atoms with Gasteiger partial charge in [0.2, 0.25) is 0 Å². The molecular formula is C18H17N3O2S. The van der Waals surface area contributed by atoms with Gasteiger partial charge >= 0.3 is 0 Å². The van der Waals surface area contributed by atoms with E-state index in [4.69, 9.17) is 4.74 Å². The van der Waals surface area contributed by atoms with Crippen molar-refractivity contribution in [2.45, 2.75) is 6.92 Å². The third-order valence-electron chi connectivity index (χ3n) is 3.46. The minimum Gasteiger partial charge on any atom is -0.497 e. The van der Waals surface area contributed by atoms with Gasteiger partial charge in [-0.1, -0.05) is 18.2 Å². The predicted molar refractivity (Wildman–Crippen MR) is 97.3 cm³/mol. The third-order valence-corrected chi connectivity index (χ3v) is 4.46. The van der Waals surface area contributed by atoms with Crippen molar-refractivity contribution in [1.82, 2.24) is 9.88 Å². The van der Waals surface area contributed by atoms with E-state index in [-0.39, 0.29) is 5.91 Å². The van der Waals surface area contributed by atoms with Crippen molar-refractivity contribution in [3.63, 3.8) is 0 Å². The highest BCUT2D eigenvalue weighted by Gasteiger charge is 2.32. The van der Waals surface area contributed by atoms with Gasteiger partial charge in [-0.15, -0.1) is 0 Å². The van der Waals surface area contributed by atoms with Gasteiger partial charge in [0.1, 0.15) is 5.75 Å². The van der Waals surface area contributed by atoms with E-state index < -0.39 is 0 Å². The minimum atomic E-state index is -0.0417. The van der Waals surface area contributed by atoms with Gasteiger partial charge in [0.05, 0.1) is 12.0 Å². The minimum absolute atomic E-state index is 0.0417. The van der Waals surface area contributed by atoms with E-state index in [1.54, 1.807) is 18.2 Å². The summed E-state index contributed by atoms with van der Waals surface area (Å²) in [6.07, 6.45) is 3.54. The van der Waals surface area contributed by atoms with Gasteiger partial charge in [-0.05, 0) is 54.6 Å². The summed E-state index contributed by atoms with van der Waals surface area (Å²) in [6, 6.07) is 13.1. The van der Waals surface area contributed by atoms with Crippen LogP contribution >= 0.6 is 11.8 Å². The molecule has 24 heavy (non-hydrogen) atoms. The quantitative estimate of drug-likeness (QED) is 0.797. The van der Waals surface area contributed by atoms with Gasteiger partial charge < -0.3 is 4.74 Å². The number of hydrogen-bond acceptors (Lipinski definition) is 5. The number of hydrogen-bond donors (Lipinski definition) is 0. The lowest BCUT2D eigenvalue weighted by Gasteiger charge is -2.11. The summed E-state index contributed by atoms with van der Waals surface area (Å²) in [5, 5.41) is 0.648. The number of benzene rings is 1.